The number of hydrogen-bond acceptors (Lipinski definition) is 6. The first-order valence-electron chi connectivity index (χ1n) is 8.79. The van der Waals surface area contributed by atoms with E-state index in [1.807, 2.05) is 33.8 Å². The Morgan fingerprint density at radius 1 is 1.04 bits per heavy atom. The second-order valence-corrected chi connectivity index (χ2v) is 7.58. The predicted molar refractivity (Wildman–Crippen MR) is 98.0 cm³/mol. The number of fused-ring (bicyclic) bond motifs is 1. The predicted octanol–water partition coefficient (Wildman–Crippen LogP) is 3.15. The van der Waals surface area contributed by atoms with Crippen molar-refractivity contribution in [1.82, 2.24) is 19.8 Å². The van der Waals surface area contributed by atoms with Gasteiger partial charge in [-0.1, -0.05) is 0 Å². The highest BCUT2D eigenvalue weighted by Crippen LogP contribution is 2.36. The van der Waals surface area contributed by atoms with Crippen LogP contribution in [0.3, 0.4) is 0 Å². The molecule has 10 heteroatoms. The van der Waals surface area contributed by atoms with Gasteiger partial charge < -0.3 is 14.0 Å². The van der Waals surface area contributed by atoms with E-state index in [-0.39, 0.29) is 5.88 Å². The molecule has 1 aliphatic heterocycles. The maximum atomic E-state index is 12.6. The summed E-state index contributed by atoms with van der Waals surface area (Å²) in [5, 5.41) is 11.4. The van der Waals surface area contributed by atoms with Crippen molar-refractivity contribution in [3.8, 4) is 11.6 Å². The lowest BCUT2D eigenvalue weighted by atomic mass is 9.80. The Morgan fingerprint density at radius 3 is 2.36 bits per heavy atom. The maximum Gasteiger partial charge on any atom is 0.498 e. The van der Waals surface area contributed by atoms with Crippen LogP contribution in [-0.4, -0.2) is 38.1 Å². The molecule has 0 unspecified atom stereocenters. The van der Waals surface area contributed by atoms with Crippen LogP contribution < -0.4 is 10.2 Å². The second kappa shape index (κ2) is 6.49. The van der Waals surface area contributed by atoms with Gasteiger partial charge in [0.1, 0.15) is 11.4 Å². The van der Waals surface area contributed by atoms with Crippen LogP contribution in [-0.2, 0) is 9.31 Å². The van der Waals surface area contributed by atoms with Gasteiger partial charge in [0.25, 0.3) is 6.43 Å². The highest BCUT2D eigenvalue weighted by atomic mass is 19.3. The van der Waals surface area contributed by atoms with Gasteiger partial charge in [-0.25, -0.2) is 13.3 Å². The van der Waals surface area contributed by atoms with Crippen LogP contribution in [0.5, 0.6) is 11.6 Å². The van der Waals surface area contributed by atoms with Gasteiger partial charge in [0.2, 0.25) is 5.88 Å². The van der Waals surface area contributed by atoms with Gasteiger partial charge >= 0.3 is 7.12 Å². The normalized spacial score (nSPS) is 18.2. The molecule has 1 aliphatic rings. The zero-order chi connectivity index (χ0) is 20.1. The lowest BCUT2D eigenvalue weighted by molar-refractivity contribution is 0.00578. The smallest absolute Gasteiger partial charge is 0.436 e. The molecule has 0 spiro atoms. The number of alkyl halides is 2. The Hall–Kier alpha value is -2.59. The van der Waals surface area contributed by atoms with Crippen molar-refractivity contribution in [3.63, 3.8) is 0 Å². The number of nitrogens with zero attached hydrogens (tertiary/aromatic N) is 4. The largest absolute Gasteiger partial charge is 0.498 e. The van der Waals surface area contributed by atoms with Crippen molar-refractivity contribution >= 4 is 18.1 Å². The molecule has 1 fully saturated rings. The first-order chi connectivity index (χ1) is 13.2. The molecule has 3 aromatic heterocycles. The van der Waals surface area contributed by atoms with E-state index in [0.717, 1.165) is 11.0 Å². The Kier molecular flexibility index (Phi) is 4.35. The number of rotatable bonds is 4. The topological polar surface area (TPSA) is 70.8 Å². The third-order valence-corrected chi connectivity index (χ3v) is 5.13. The Labute approximate surface area is 160 Å². The van der Waals surface area contributed by atoms with Crippen molar-refractivity contribution < 1.29 is 22.8 Å². The summed E-state index contributed by atoms with van der Waals surface area (Å²) >= 11 is 0. The number of aromatic nitrogens is 4. The van der Waals surface area contributed by atoms with E-state index in [2.05, 4.69) is 15.3 Å². The Balaban J connectivity index is 1.57. The van der Waals surface area contributed by atoms with E-state index in [1.54, 1.807) is 23.0 Å². The monoisotopic (exact) mass is 388 g/mol. The standard InChI is InChI=1S/C18H19BF2N4O3/c1-17(2)18(3,4)28-19(27-17)12-9-22-25-10-11(5-7-14(12)25)26-15-8-6-13(16(20)21)23-24-15/h5-10,16H,1-4H3. The van der Waals surface area contributed by atoms with Crippen LogP contribution in [0.15, 0.2) is 36.7 Å². The minimum Gasteiger partial charge on any atom is -0.436 e. The van der Waals surface area contributed by atoms with Crippen molar-refractivity contribution in [2.75, 3.05) is 0 Å². The molecule has 3 aromatic rings. The Morgan fingerprint density at radius 2 is 1.75 bits per heavy atom. The highest BCUT2D eigenvalue weighted by Gasteiger charge is 2.52. The van der Waals surface area contributed by atoms with Crippen molar-refractivity contribution in [1.29, 1.82) is 0 Å². The van der Waals surface area contributed by atoms with E-state index in [9.17, 15) is 8.78 Å². The first-order valence-corrected chi connectivity index (χ1v) is 8.79. The van der Waals surface area contributed by atoms with Crippen molar-refractivity contribution in [3.05, 3.63) is 42.4 Å². The highest BCUT2D eigenvalue weighted by molar-refractivity contribution is 6.64. The molecule has 0 amide bonds. The fourth-order valence-electron chi connectivity index (χ4n) is 2.82. The quantitative estimate of drug-likeness (QED) is 0.640. The van der Waals surface area contributed by atoms with Gasteiger partial charge in [-0.3, -0.25) is 0 Å². The third-order valence-electron chi connectivity index (χ3n) is 5.13. The number of ether oxygens (including phenoxy) is 1. The third kappa shape index (κ3) is 3.22. The van der Waals surface area contributed by atoms with Gasteiger partial charge in [0.15, 0.2) is 0 Å². The molecule has 7 nitrogen and oxygen atoms in total. The molecule has 1 saturated heterocycles. The maximum absolute atomic E-state index is 12.6. The van der Waals surface area contributed by atoms with Crippen LogP contribution in [0.1, 0.15) is 39.8 Å². The molecular weight excluding hydrogens is 369 g/mol. The van der Waals surface area contributed by atoms with Gasteiger partial charge in [-0.15, -0.1) is 10.2 Å². The van der Waals surface area contributed by atoms with E-state index in [0.29, 0.717) is 5.75 Å². The van der Waals surface area contributed by atoms with E-state index in [1.165, 1.54) is 12.1 Å². The molecule has 28 heavy (non-hydrogen) atoms. The van der Waals surface area contributed by atoms with Crippen LogP contribution in [0.25, 0.3) is 5.52 Å². The summed E-state index contributed by atoms with van der Waals surface area (Å²) in [7, 11) is -0.526. The summed E-state index contributed by atoms with van der Waals surface area (Å²) in [5.41, 5.74) is 0.328. The van der Waals surface area contributed by atoms with Crippen LogP contribution in [0.4, 0.5) is 8.78 Å². The van der Waals surface area contributed by atoms with E-state index < -0.39 is 30.4 Å². The minimum atomic E-state index is -2.67. The Bertz CT molecular complexity index is 992. The van der Waals surface area contributed by atoms with Crippen LogP contribution >= 0.6 is 0 Å². The molecule has 0 N–H and O–H groups in total. The molecule has 146 valence electrons. The fourth-order valence-corrected chi connectivity index (χ4v) is 2.82. The molecule has 0 saturated carbocycles. The average molecular weight is 388 g/mol. The average Bonchev–Trinajstić information content (AvgIpc) is 3.13. The van der Waals surface area contributed by atoms with Gasteiger partial charge in [-0.05, 0) is 45.9 Å². The zero-order valence-electron chi connectivity index (χ0n) is 15.9. The number of pyridine rings is 1. The van der Waals surface area contributed by atoms with Gasteiger partial charge in [0.05, 0.1) is 22.9 Å². The zero-order valence-corrected chi connectivity index (χ0v) is 15.9. The van der Waals surface area contributed by atoms with E-state index in [4.69, 9.17) is 14.0 Å². The van der Waals surface area contributed by atoms with E-state index >= 15 is 0 Å². The summed E-state index contributed by atoms with van der Waals surface area (Å²) in [6.07, 6.45) is 0.682. The molecule has 0 atom stereocenters. The summed E-state index contributed by atoms with van der Waals surface area (Å²) in [4.78, 5) is 0. The van der Waals surface area contributed by atoms with Crippen LogP contribution in [0.2, 0.25) is 0 Å². The summed E-state index contributed by atoms with van der Waals surface area (Å²) in [6.45, 7) is 7.96. The van der Waals surface area contributed by atoms with Gasteiger partial charge in [0, 0.05) is 17.7 Å². The summed E-state index contributed by atoms with van der Waals surface area (Å²) in [5.74, 6) is 0.553. The van der Waals surface area contributed by atoms with Crippen molar-refractivity contribution in [2.24, 2.45) is 0 Å². The molecule has 0 aliphatic carbocycles. The SMILES string of the molecule is CC1(C)OB(c2cnn3cc(Oc4ccc(C(F)F)nn4)ccc23)OC1(C)C. The minimum absolute atomic E-state index is 0.113. The molecule has 4 heterocycles. The lowest BCUT2D eigenvalue weighted by Gasteiger charge is -2.32. The molecule has 0 radical (unpaired) electrons. The number of hydrogen-bond donors (Lipinski definition) is 0. The molecule has 0 bridgehead atoms. The fraction of sp³-hybridized carbons (Fsp3) is 0.389. The lowest BCUT2D eigenvalue weighted by Crippen LogP contribution is -2.41. The second-order valence-electron chi connectivity index (χ2n) is 7.58. The van der Waals surface area contributed by atoms with Crippen molar-refractivity contribution in [2.45, 2.75) is 45.3 Å². The van der Waals surface area contributed by atoms with Crippen LogP contribution in [0, 0.1) is 0 Å². The molecular formula is C18H19BF2N4O3. The first kappa shape index (κ1) is 18.8. The number of halogens is 2. The summed E-state index contributed by atoms with van der Waals surface area (Å²) < 4.78 is 44.5. The summed E-state index contributed by atoms with van der Waals surface area (Å²) in [6, 6.07) is 6.07. The van der Waals surface area contributed by atoms with Gasteiger partial charge in [-0.2, -0.15) is 5.10 Å². The molecule has 4 rings (SSSR count). The molecule has 0 aromatic carbocycles.